The number of pyridine rings is 1. The number of hydrogen-bond acceptors (Lipinski definition) is 4. The zero-order chi connectivity index (χ0) is 14.9. The topological polar surface area (TPSA) is 93.3 Å². The van der Waals surface area contributed by atoms with E-state index in [0.717, 1.165) is 0 Å². The van der Waals surface area contributed by atoms with Gasteiger partial charge in [-0.2, -0.15) is 0 Å². The van der Waals surface area contributed by atoms with Crippen LogP contribution in [0.3, 0.4) is 0 Å². The molecule has 1 N–H and O–H groups in total. The van der Waals surface area contributed by atoms with Gasteiger partial charge in [-0.1, -0.05) is 12.1 Å². The third-order valence-corrected chi connectivity index (χ3v) is 3.02. The summed E-state index contributed by atoms with van der Waals surface area (Å²) in [5.74, 6) is -1.04. The van der Waals surface area contributed by atoms with E-state index in [2.05, 4.69) is 4.98 Å². The number of benzene rings is 1. The van der Waals surface area contributed by atoms with Crippen LogP contribution >= 0.6 is 0 Å². The molecule has 0 aliphatic rings. The van der Waals surface area contributed by atoms with Crippen LogP contribution in [0.4, 0.5) is 5.69 Å². The van der Waals surface area contributed by atoms with Gasteiger partial charge in [0.05, 0.1) is 21.9 Å². The van der Waals surface area contributed by atoms with Crippen molar-refractivity contribution in [1.29, 1.82) is 0 Å². The highest BCUT2D eigenvalue weighted by Gasteiger charge is 2.14. The fraction of sp³-hybridized carbons (Fsp3) is 0.143. The lowest BCUT2D eigenvalue weighted by atomic mass is 10.1. The summed E-state index contributed by atoms with van der Waals surface area (Å²) >= 11 is 0. The van der Waals surface area contributed by atoms with Crippen LogP contribution in [-0.4, -0.2) is 21.0 Å². The van der Waals surface area contributed by atoms with Crippen LogP contribution in [0, 0.1) is 24.0 Å². The zero-order valence-corrected chi connectivity index (χ0v) is 11.0. The highest BCUT2D eigenvalue weighted by molar-refractivity contribution is 5.89. The van der Waals surface area contributed by atoms with Crippen molar-refractivity contribution in [2.45, 2.75) is 13.8 Å². The number of aryl methyl sites for hydroxylation is 2. The number of carboxylic acids is 1. The van der Waals surface area contributed by atoms with Crippen molar-refractivity contribution < 1.29 is 14.8 Å². The number of carboxylic acid groups (broad SMARTS) is 1. The maximum Gasteiger partial charge on any atom is 0.337 e. The first kappa shape index (κ1) is 13.7. The van der Waals surface area contributed by atoms with E-state index in [1.54, 1.807) is 32.0 Å². The van der Waals surface area contributed by atoms with Gasteiger partial charge in [0.25, 0.3) is 5.69 Å². The van der Waals surface area contributed by atoms with Gasteiger partial charge >= 0.3 is 5.97 Å². The van der Waals surface area contributed by atoms with Gasteiger partial charge in [0.2, 0.25) is 0 Å². The lowest BCUT2D eigenvalue weighted by molar-refractivity contribution is -0.385. The molecule has 0 fully saturated rings. The van der Waals surface area contributed by atoms with Crippen molar-refractivity contribution in [2.24, 2.45) is 0 Å². The number of rotatable bonds is 3. The van der Waals surface area contributed by atoms with Crippen LogP contribution in [-0.2, 0) is 0 Å². The first-order chi connectivity index (χ1) is 9.40. The third kappa shape index (κ3) is 2.49. The number of nitro benzene ring substituents is 1. The largest absolute Gasteiger partial charge is 0.478 e. The molecule has 0 aliphatic carbocycles. The van der Waals surface area contributed by atoms with Crippen LogP contribution < -0.4 is 0 Å². The molecule has 0 bridgehead atoms. The molecular weight excluding hydrogens is 260 g/mol. The molecule has 2 aromatic rings. The van der Waals surface area contributed by atoms with Crippen molar-refractivity contribution in [3.63, 3.8) is 0 Å². The Hall–Kier alpha value is -2.76. The first-order valence-electron chi connectivity index (χ1n) is 5.86. The van der Waals surface area contributed by atoms with Gasteiger partial charge in [0.1, 0.15) is 0 Å². The molecule has 0 amide bonds. The van der Waals surface area contributed by atoms with Crippen molar-refractivity contribution in [3.8, 4) is 11.3 Å². The zero-order valence-electron chi connectivity index (χ0n) is 11.0. The molecule has 0 radical (unpaired) electrons. The fourth-order valence-corrected chi connectivity index (χ4v) is 1.91. The average Bonchev–Trinajstić information content (AvgIpc) is 2.38. The molecule has 0 saturated carbocycles. The summed E-state index contributed by atoms with van der Waals surface area (Å²) in [5.41, 5.74) is 2.17. The Balaban J connectivity index is 2.52. The number of aromatic nitrogens is 1. The molecule has 1 heterocycles. The van der Waals surface area contributed by atoms with Gasteiger partial charge < -0.3 is 5.11 Å². The summed E-state index contributed by atoms with van der Waals surface area (Å²) in [6.07, 6.45) is 0. The van der Waals surface area contributed by atoms with Gasteiger partial charge in [0, 0.05) is 17.2 Å². The van der Waals surface area contributed by atoms with Gasteiger partial charge in [-0.3, -0.25) is 15.1 Å². The minimum absolute atomic E-state index is 0.0178. The second kappa shape index (κ2) is 5.08. The predicted octanol–water partition coefficient (Wildman–Crippen LogP) is 2.97. The summed E-state index contributed by atoms with van der Waals surface area (Å²) in [4.78, 5) is 25.6. The smallest absolute Gasteiger partial charge is 0.337 e. The molecular formula is C14H12N2O4. The van der Waals surface area contributed by atoms with Crippen molar-refractivity contribution in [1.82, 2.24) is 4.98 Å². The molecule has 6 nitrogen and oxygen atoms in total. The van der Waals surface area contributed by atoms with E-state index in [4.69, 9.17) is 5.11 Å². The summed E-state index contributed by atoms with van der Waals surface area (Å²) in [5, 5.41) is 19.9. The summed E-state index contributed by atoms with van der Waals surface area (Å²) in [6, 6.07) is 7.81. The van der Waals surface area contributed by atoms with E-state index in [-0.39, 0.29) is 11.3 Å². The molecule has 0 unspecified atom stereocenters. The third-order valence-electron chi connectivity index (χ3n) is 3.02. The number of nitro groups is 1. The Morgan fingerprint density at radius 1 is 1.25 bits per heavy atom. The summed E-state index contributed by atoms with van der Waals surface area (Å²) in [7, 11) is 0. The Morgan fingerprint density at radius 2 is 1.95 bits per heavy atom. The van der Waals surface area contributed by atoms with E-state index in [0.29, 0.717) is 22.5 Å². The van der Waals surface area contributed by atoms with Crippen molar-refractivity contribution >= 4 is 11.7 Å². The van der Waals surface area contributed by atoms with Crippen LogP contribution in [0.15, 0.2) is 30.3 Å². The Kier molecular flexibility index (Phi) is 3.47. The molecule has 2 rings (SSSR count). The quantitative estimate of drug-likeness (QED) is 0.684. The number of carbonyl (C=O) groups is 1. The molecule has 20 heavy (non-hydrogen) atoms. The van der Waals surface area contributed by atoms with Gasteiger partial charge in [0.15, 0.2) is 0 Å². The average molecular weight is 272 g/mol. The molecule has 1 aromatic heterocycles. The van der Waals surface area contributed by atoms with E-state index >= 15 is 0 Å². The summed E-state index contributed by atoms with van der Waals surface area (Å²) < 4.78 is 0. The van der Waals surface area contributed by atoms with Crippen LogP contribution in [0.1, 0.15) is 21.6 Å². The molecule has 0 aliphatic heterocycles. The minimum Gasteiger partial charge on any atom is -0.478 e. The second-order valence-corrected chi connectivity index (χ2v) is 4.39. The van der Waals surface area contributed by atoms with Gasteiger partial charge in [-0.05, 0) is 26.0 Å². The van der Waals surface area contributed by atoms with E-state index in [1.807, 2.05) is 0 Å². The fourth-order valence-electron chi connectivity index (χ4n) is 1.91. The maximum absolute atomic E-state index is 10.9. The highest BCUT2D eigenvalue weighted by Crippen LogP contribution is 2.26. The van der Waals surface area contributed by atoms with Gasteiger partial charge in [-0.25, -0.2) is 4.79 Å². The van der Waals surface area contributed by atoms with Crippen LogP contribution in [0.5, 0.6) is 0 Å². The number of aromatic carboxylic acids is 1. The lowest BCUT2D eigenvalue weighted by Gasteiger charge is -2.06. The molecule has 0 spiro atoms. The highest BCUT2D eigenvalue weighted by atomic mass is 16.6. The van der Waals surface area contributed by atoms with E-state index in [9.17, 15) is 14.9 Å². The minimum atomic E-state index is -1.04. The normalized spacial score (nSPS) is 10.3. The Labute approximate surface area is 114 Å². The Bertz CT molecular complexity index is 710. The van der Waals surface area contributed by atoms with Crippen molar-refractivity contribution in [2.75, 3.05) is 0 Å². The maximum atomic E-state index is 10.9. The predicted molar refractivity (Wildman–Crippen MR) is 72.8 cm³/mol. The SMILES string of the molecule is Cc1ccc(-c2ccc(C(=O)O)c(C)n2)cc1[N+](=O)[O-]. The first-order valence-corrected chi connectivity index (χ1v) is 5.86. The van der Waals surface area contributed by atoms with E-state index < -0.39 is 10.9 Å². The monoisotopic (exact) mass is 272 g/mol. The molecule has 6 heteroatoms. The van der Waals surface area contributed by atoms with Gasteiger partial charge in [-0.15, -0.1) is 0 Å². The molecule has 0 saturated heterocycles. The van der Waals surface area contributed by atoms with Crippen LogP contribution in [0.2, 0.25) is 0 Å². The molecule has 1 aromatic carbocycles. The molecule has 0 atom stereocenters. The molecule has 102 valence electrons. The second-order valence-electron chi connectivity index (χ2n) is 4.39. The number of nitrogens with zero attached hydrogens (tertiary/aromatic N) is 2. The van der Waals surface area contributed by atoms with Crippen molar-refractivity contribution in [3.05, 3.63) is 57.3 Å². The number of hydrogen-bond donors (Lipinski definition) is 1. The lowest BCUT2D eigenvalue weighted by Crippen LogP contribution is -2.02. The van der Waals surface area contributed by atoms with E-state index in [1.165, 1.54) is 12.1 Å². The Morgan fingerprint density at radius 3 is 2.50 bits per heavy atom. The van der Waals surface area contributed by atoms with Crippen LogP contribution in [0.25, 0.3) is 11.3 Å². The standard InChI is InChI=1S/C14H12N2O4/c1-8-3-4-10(7-13(8)16(19)20)12-6-5-11(14(17)18)9(2)15-12/h3-7H,1-2H3,(H,17,18). The summed E-state index contributed by atoms with van der Waals surface area (Å²) in [6.45, 7) is 3.25.